The van der Waals surface area contributed by atoms with Crippen molar-refractivity contribution in [3.63, 3.8) is 0 Å². The molecule has 0 aliphatic carbocycles. The molecule has 0 bridgehead atoms. The van der Waals surface area contributed by atoms with Gasteiger partial charge in [-0.1, -0.05) is 19.2 Å². The average molecular weight is 164 g/mol. The van der Waals surface area contributed by atoms with Crippen molar-refractivity contribution >= 4 is 12.6 Å². The van der Waals surface area contributed by atoms with Crippen molar-refractivity contribution in [3.8, 4) is 0 Å². The SMILES string of the molecule is C=C/C=C(\C(=C)C)C(=O)NN=C. The van der Waals surface area contributed by atoms with Gasteiger partial charge < -0.3 is 0 Å². The van der Waals surface area contributed by atoms with Gasteiger partial charge in [0, 0.05) is 12.3 Å². The Kier molecular flexibility index (Phi) is 4.38. The fourth-order valence-corrected chi connectivity index (χ4v) is 0.662. The molecule has 0 fully saturated rings. The first-order chi connectivity index (χ1) is 5.63. The maximum atomic E-state index is 11.2. The second-order valence-corrected chi connectivity index (χ2v) is 2.20. The normalized spacial score (nSPS) is 10.2. The van der Waals surface area contributed by atoms with Gasteiger partial charge in [0.2, 0.25) is 0 Å². The molecule has 0 spiro atoms. The number of amides is 1. The van der Waals surface area contributed by atoms with E-state index in [-0.39, 0.29) is 5.91 Å². The Labute approximate surface area is 72.2 Å². The Morgan fingerprint density at radius 1 is 1.58 bits per heavy atom. The van der Waals surface area contributed by atoms with E-state index in [0.29, 0.717) is 11.1 Å². The second kappa shape index (κ2) is 5.07. The van der Waals surface area contributed by atoms with E-state index in [2.05, 4.69) is 30.4 Å². The highest BCUT2D eigenvalue weighted by Gasteiger charge is 2.06. The van der Waals surface area contributed by atoms with Gasteiger partial charge in [0.25, 0.3) is 5.91 Å². The highest BCUT2D eigenvalue weighted by molar-refractivity contribution is 5.97. The Balaban J connectivity index is 4.63. The van der Waals surface area contributed by atoms with Gasteiger partial charge in [-0.05, 0) is 18.6 Å². The fraction of sp³-hybridized carbons (Fsp3) is 0.111. The van der Waals surface area contributed by atoms with Gasteiger partial charge in [0.1, 0.15) is 0 Å². The lowest BCUT2D eigenvalue weighted by Gasteiger charge is -2.02. The van der Waals surface area contributed by atoms with E-state index in [1.54, 1.807) is 13.0 Å². The summed E-state index contributed by atoms with van der Waals surface area (Å²) in [5.74, 6) is -0.322. The number of nitrogens with one attached hydrogen (secondary N) is 1. The average Bonchev–Trinajstić information content (AvgIpc) is 1.99. The minimum atomic E-state index is -0.322. The number of nitrogens with zero attached hydrogens (tertiary/aromatic N) is 1. The number of hydrogen-bond donors (Lipinski definition) is 1. The minimum Gasteiger partial charge on any atom is -0.267 e. The molecule has 0 aromatic carbocycles. The zero-order valence-electron chi connectivity index (χ0n) is 7.13. The monoisotopic (exact) mass is 164 g/mol. The molecule has 0 atom stereocenters. The topological polar surface area (TPSA) is 41.5 Å². The van der Waals surface area contributed by atoms with Crippen molar-refractivity contribution in [2.75, 3.05) is 0 Å². The molecule has 3 nitrogen and oxygen atoms in total. The summed E-state index contributed by atoms with van der Waals surface area (Å²) in [6.07, 6.45) is 3.09. The minimum absolute atomic E-state index is 0.322. The van der Waals surface area contributed by atoms with Gasteiger partial charge in [-0.15, -0.1) is 0 Å². The molecule has 0 unspecified atom stereocenters. The molecular formula is C9H12N2O. The summed E-state index contributed by atoms with van der Waals surface area (Å²) in [4.78, 5) is 11.2. The molecule has 0 heterocycles. The Morgan fingerprint density at radius 3 is 2.50 bits per heavy atom. The van der Waals surface area contributed by atoms with Crippen LogP contribution in [0.2, 0.25) is 0 Å². The Morgan fingerprint density at radius 2 is 2.17 bits per heavy atom. The van der Waals surface area contributed by atoms with Crippen LogP contribution in [0.5, 0.6) is 0 Å². The smallest absolute Gasteiger partial charge is 0.267 e. The summed E-state index contributed by atoms with van der Waals surface area (Å²) in [6, 6.07) is 0. The summed E-state index contributed by atoms with van der Waals surface area (Å²) < 4.78 is 0. The molecule has 0 aliphatic rings. The van der Waals surface area contributed by atoms with E-state index in [1.807, 2.05) is 0 Å². The summed E-state index contributed by atoms with van der Waals surface area (Å²) in [5.41, 5.74) is 3.33. The lowest BCUT2D eigenvalue weighted by molar-refractivity contribution is -0.117. The van der Waals surface area contributed by atoms with Crippen LogP contribution in [0, 0.1) is 0 Å². The lowest BCUT2D eigenvalue weighted by Crippen LogP contribution is -2.19. The molecule has 3 heteroatoms. The van der Waals surface area contributed by atoms with E-state index in [1.165, 1.54) is 6.08 Å². The third-order valence-corrected chi connectivity index (χ3v) is 1.17. The number of hydrogen-bond acceptors (Lipinski definition) is 2. The third-order valence-electron chi connectivity index (χ3n) is 1.17. The summed E-state index contributed by atoms with van der Waals surface area (Å²) in [5, 5.41) is 3.26. The summed E-state index contributed by atoms with van der Waals surface area (Å²) in [7, 11) is 0. The second-order valence-electron chi connectivity index (χ2n) is 2.20. The van der Waals surface area contributed by atoms with Crippen LogP contribution in [-0.2, 0) is 4.79 Å². The Hall–Kier alpha value is -1.64. The predicted molar refractivity (Wildman–Crippen MR) is 50.8 cm³/mol. The first kappa shape index (κ1) is 10.4. The lowest BCUT2D eigenvalue weighted by atomic mass is 10.1. The molecule has 0 aliphatic heterocycles. The van der Waals surface area contributed by atoms with Crippen molar-refractivity contribution in [2.45, 2.75) is 6.92 Å². The molecular weight excluding hydrogens is 152 g/mol. The van der Waals surface area contributed by atoms with Crippen molar-refractivity contribution in [3.05, 3.63) is 36.5 Å². The van der Waals surface area contributed by atoms with E-state index < -0.39 is 0 Å². The number of carbonyl (C=O) groups is 1. The number of hydrazone groups is 1. The molecule has 0 radical (unpaired) electrons. The van der Waals surface area contributed by atoms with Gasteiger partial charge in [0.05, 0.1) is 0 Å². The highest BCUT2D eigenvalue weighted by Crippen LogP contribution is 2.06. The van der Waals surface area contributed by atoms with Crippen LogP contribution in [-0.4, -0.2) is 12.6 Å². The predicted octanol–water partition coefficient (Wildman–Crippen LogP) is 1.41. The molecule has 64 valence electrons. The first-order valence-electron chi connectivity index (χ1n) is 3.38. The van der Waals surface area contributed by atoms with Gasteiger partial charge in [-0.2, -0.15) is 5.10 Å². The molecule has 12 heavy (non-hydrogen) atoms. The number of rotatable bonds is 4. The molecule has 1 amide bonds. The van der Waals surface area contributed by atoms with Crippen LogP contribution >= 0.6 is 0 Å². The molecule has 0 rings (SSSR count). The van der Waals surface area contributed by atoms with E-state index in [4.69, 9.17) is 0 Å². The Bertz CT molecular complexity index is 251. The van der Waals surface area contributed by atoms with Crippen LogP contribution in [0.1, 0.15) is 6.92 Å². The largest absolute Gasteiger partial charge is 0.271 e. The molecule has 0 saturated carbocycles. The highest BCUT2D eigenvalue weighted by atomic mass is 16.2. The van der Waals surface area contributed by atoms with E-state index in [9.17, 15) is 4.79 Å². The van der Waals surface area contributed by atoms with Crippen LogP contribution in [0.3, 0.4) is 0 Å². The molecule has 0 saturated heterocycles. The quantitative estimate of drug-likeness (QED) is 0.290. The summed E-state index contributed by atoms with van der Waals surface area (Å²) in [6.45, 7) is 12.0. The molecule has 1 N–H and O–H groups in total. The maximum absolute atomic E-state index is 11.2. The molecule has 0 aromatic rings. The van der Waals surface area contributed by atoms with Crippen molar-refractivity contribution in [1.82, 2.24) is 5.43 Å². The van der Waals surface area contributed by atoms with Gasteiger partial charge in [-0.25, -0.2) is 5.43 Å². The fourth-order valence-electron chi connectivity index (χ4n) is 0.662. The zero-order chi connectivity index (χ0) is 9.56. The maximum Gasteiger partial charge on any atom is 0.271 e. The first-order valence-corrected chi connectivity index (χ1v) is 3.38. The molecule has 0 aromatic heterocycles. The van der Waals surface area contributed by atoms with Crippen molar-refractivity contribution in [1.29, 1.82) is 0 Å². The van der Waals surface area contributed by atoms with Crippen LogP contribution < -0.4 is 5.43 Å². The van der Waals surface area contributed by atoms with Gasteiger partial charge >= 0.3 is 0 Å². The van der Waals surface area contributed by atoms with Crippen LogP contribution in [0.4, 0.5) is 0 Å². The van der Waals surface area contributed by atoms with Crippen molar-refractivity contribution in [2.24, 2.45) is 5.10 Å². The standard InChI is InChI=1S/C9H12N2O/c1-5-6-8(7(2)3)9(12)11-10-4/h5-6H,1-2,4H2,3H3,(H,11,12)/b8-6+. The zero-order valence-corrected chi connectivity index (χ0v) is 7.13. The van der Waals surface area contributed by atoms with Crippen LogP contribution in [0.15, 0.2) is 41.6 Å². The number of carbonyl (C=O) groups excluding carboxylic acids is 1. The van der Waals surface area contributed by atoms with Gasteiger partial charge in [0.15, 0.2) is 0 Å². The van der Waals surface area contributed by atoms with Crippen molar-refractivity contribution < 1.29 is 4.79 Å². The van der Waals surface area contributed by atoms with Gasteiger partial charge in [-0.3, -0.25) is 4.79 Å². The van der Waals surface area contributed by atoms with E-state index in [0.717, 1.165) is 0 Å². The summed E-state index contributed by atoms with van der Waals surface area (Å²) >= 11 is 0. The van der Waals surface area contributed by atoms with Crippen LogP contribution in [0.25, 0.3) is 0 Å². The number of allylic oxidation sites excluding steroid dienone is 2. The van der Waals surface area contributed by atoms with E-state index >= 15 is 0 Å². The third kappa shape index (κ3) is 2.96.